The number of ether oxygens (including phenoxy) is 3. The molecule has 1 aromatic carbocycles. The molecule has 0 aliphatic carbocycles. The highest BCUT2D eigenvalue weighted by molar-refractivity contribution is 5.24. The number of hydrogen-bond acceptors (Lipinski definition) is 6. The highest BCUT2D eigenvalue weighted by atomic mass is 19.1. The second kappa shape index (κ2) is 8.14. The molecule has 2 saturated heterocycles. The van der Waals surface area contributed by atoms with Crippen molar-refractivity contribution in [3.63, 3.8) is 0 Å². The first-order valence-corrected chi connectivity index (χ1v) is 8.77. The Morgan fingerprint density at radius 2 is 1.69 bits per heavy atom. The normalized spacial score (nSPS) is 27.1. The average Bonchev–Trinajstić information content (AvgIpc) is 2.74. The summed E-state index contributed by atoms with van der Waals surface area (Å²) in [5.74, 6) is -1.48. The first-order valence-electron chi connectivity index (χ1n) is 8.77. The van der Waals surface area contributed by atoms with Gasteiger partial charge in [-0.25, -0.2) is 8.78 Å². The van der Waals surface area contributed by atoms with Gasteiger partial charge >= 0.3 is 0 Å². The average molecular weight is 373 g/mol. The van der Waals surface area contributed by atoms with Crippen LogP contribution in [0.4, 0.5) is 8.78 Å². The molecule has 146 valence electrons. The van der Waals surface area contributed by atoms with Gasteiger partial charge in [-0.1, -0.05) is 0 Å². The molecule has 8 heteroatoms. The number of rotatable bonds is 5. The molecule has 0 bridgehead atoms. The molecule has 0 spiro atoms. The Kier molecular flexibility index (Phi) is 6.09. The lowest BCUT2D eigenvalue weighted by Gasteiger charge is -2.38. The van der Waals surface area contributed by atoms with Crippen molar-refractivity contribution in [2.45, 2.75) is 24.0 Å². The van der Waals surface area contributed by atoms with Gasteiger partial charge in [0.2, 0.25) is 0 Å². The van der Waals surface area contributed by atoms with Gasteiger partial charge in [0.25, 0.3) is 0 Å². The third kappa shape index (κ3) is 5.34. The third-order valence-electron chi connectivity index (χ3n) is 4.73. The Bertz CT molecular complexity index is 591. The molecule has 2 aliphatic heterocycles. The molecule has 0 unspecified atom stereocenters. The molecule has 26 heavy (non-hydrogen) atoms. The number of benzene rings is 1. The molecule has 0 aromatic heterocycles. The van der Waals surface area contributed by atoms with Gasteiger partial charge in [-0.05, 0) is 0 Å². The van der Waals surface area contributed by atoms with Gasteiger partial charge in [-0.15, -0.1) is 0 Å². The summed E-state index contributed by atoms with van der Waals surface area (Å²) in [5, 5.41) is 21.5. The minimum Gasteiger partial charge on any atom is -0.490 e. The van der Waals surface area contributed by atoms with E-state index in [4.69, 9.17) is 14.2 Å². The van der Waals surface area contributed by atoms with Crippen LogP contribution in [-0.2, 0) is 9.47 Å². The molecular weight excluding hydrogens is 348 g/mol. The summed E-state index contributed by atoms with van der Waals surface area (Å²) >= 11 is 0. The largest absolute Gasteiger partial charge is 0.490 e. The number of nitrogens with zero attached hydrogens (tertiary/aromatic N) is 1. The predicted octanol–water partition coefficient (Wildman–Crippen LogP) is 0.948. The highest BCUT2D eigenvalue weighted by Crippen LogP contribution is 2.24. The Hall–Kier alpha value is -1.32. The summed E-state index contributed by atoms with van der Waals surface area (Å²) in [6.45, 7) is 2.52. The monoisotopic (exact) mass is 373 g/mol. The van der Waals surface area contributed by atoms with E-state index in [9.17, 15) is 19.0 Å². The molecule has 2 N–H and O–H groups in total. The first kappa shape index (κ1) is 19.4. The SMILES string of the molecule is OC1(CN2CCOC[C@@](O)(COc3cc(F)cc(F)c3)C2)CCOCC1. The second-order valence-electron chi connectivity index (χ2n) is 7.22. The fourth-order valence-corrected chi connectivity index (χ4v) is 3.37. The first-order chi connectivity index (χ1) is 12.4. The van der Waals surface area contributed by atoms with Crippen molar-refractivity contribution in [2.75, 3.05) is 52.7 Å². The zero-order valence-electron chi connectivity index (χ0n) is 14.6. The van der Waals surface area contributed by atoms with Crippen LogP contribution in [0.5, 0.6) is 5.75 Å². The van der Waals surface area contributed by atoms with Crippen LogP contribution in [0.2, 0.25) is 0 Å². The highest BCUT2D eigenvalue weighted by Gasteiger charge is 2.38. The Morgan fingerprint density at radius 1 is 1.00 bits per heavy atom. The lowest BCUT2D eigenvalue weighted by atomic mass is 9.93. The number of aliphatic hydroxyl groups is 2. The van der Waals surface area contributed by atoms with Crippen LogP contribution < -0.4 is 4.74 Å². The van der Waals surface area contributed by atoms with Crippen LogP contribution in [0.1, 0.15) is 12.8 Å². The molecule has 2 fully saturated rings. The van der Waals surface area contributed by atoms with E-state index < -0.39 is 22.8 Å². The van der Waals surface area contributed by atoms with E-state index in [1.165, 1.54) is 0 Å². The fourth-order valence-electron chi connectivity index (χ4n) is 3.37. The molecule has 1 aromatic rings. The van der Waals surface area contributed by atoms with Crippen LogP contribution in [0.15, 0.2) is 18.2 Å². The zero-order chi connectivity index (χ0) is 18.6. The van der Waals surface area contributed by atoms with E-state index >= 15 is 0 Å². The van der Waals surface area contributed by atoms with Crippen LogP contribution in [0, 0.1) is 11.6 Å². The molecule has 0 amide bonds. The van der Waals surface area contributed by atoms with E-state index in [0.29, 0.717) is 45.8 Å². The number of halogens is 2. The van der Waals surface area contributed by atoms with Crippen molar-refractivity contribution >= 4 is 0 Å². The lowest BCUT2D eigenvalue weighted by Crippen LogP contribution is -2.53. The van der Waals surface area contributed by atoms with E-state index in [2.05, 4.69) is 0 Å². The van der Waals surface area contributed by atoms with E-state index in [1.807, 2.05) is 4.90 Å². The van der Waals surface area contributed by atoms with Crippen molar-refractivity contribution in [1.82, 2.24) is 4.90 Å². The van der Waals surface area contributed by atoms with Gasteiger partial charge in [-0.3, -0.25) is 4.90 Å². The molecule has 6 nitrogen and oxygen atoms in total. The summed E-state index contributed by atoms with van der Waals surface area (Å²) in [7, 11) is 0. The number of β-amino-alcohol motifs (C(OH)–C–C–N with tert-alkyl or cyclic N) is 2. The van der Waals surface area contributed by atoms with Crippen LogP contribution in [0.3, 0.4) is 0 Å². The van der Waals surface area contributed by atoms with E-state index in [-0.39, 0.29) is 25.5 Å². The summed E-state index contributed by atoms with van der Waals surface area (Å²) in [6, 6.07) is 2.88. The van der Waals surface area contributed by atoms with Crippen LogP contribution >= 0.6 is 0 Å². The molecule has 2 heterocycles. The molecule has 0 radical (unpaired) electrons. The Morgan fingerprint density at radius 3 is 2.38 bits per heavy atom. The van der Waals surface area contributed by atoms with Crippen molar-refractivity contribution in [1.29, 1.82) is 0 Å². The molecule has 2 aliphatic rings. The summed E-state index contributed by atoms with van der Waals surface area (Å²) in [6.07, 6.45) is 1.09. The van der Waals surface area contributed by atoms with E-state index in [0.717, 1.165) is 18.2 Å². The van der Waals surface area contributed by atoms with Crippen molar-refractivity contribution in [3.8, 4) is 5.75 Å². The summed E-state index contributed by atoms with van der Waals surface area (Å²) in [5.41, 5.74) is -2.20. The molecular formula is C18H25F2NO5. The molecule has 3 rings (SSSR count). The van der Waals surface area contributed by atoms with Crippen molar-refractivity contribution in [2.24, 2.45) is 0 Å². The molecule has 1 atom stereocenters. The fraction of sp³-hybridized carbons (Fsp3) is 0.667. The Balaban J connectivity index is 1.61. The maximum atomic E-state index is 13.3. The summed E-state index contributed by atoms with van der Waals surface area (Å²) in [4.78, 5) is 1.94. The van der Waals surface area contributed by atoms with Gasteiger partial charge < -0.3 is 24.4 Å². The smallest absolute Gasteiger partial charge is 0.134 e. The Labute approximate surface area is 151 Å². The number of hydrogen-bond donors (Lipinski definition) is 2. The maximum Gasteiger partial charge on any atom is 0.134 e. The van der Waals surface area contributed by atoms with Gasteiger partial charge in [0.05, 0.1) is 18.8 Å². The van der Waals surface area contributed by atoms with Crippen molar-refractivity contribution in [3.05, 3.63) is 29.8 Å². The van der Waals surface area contributed by atoms with Gasteiger partial charge in [-0.2, -0.15) is 0 Å². The predicted molar refractivity (Wildman–Crippen MR) is 89.1 cm³/mol. The van der Waals surface area contributed by atoms with Gasteiger partial charge in [0.1, 0.15) is 29.6 Å². The van der Waals surface area contributed by atoms with Crippen LogP contribution in [-0.4, -0.2) is 79.0 Å². The minimum absolute atomic E-state index is 0.00906. The van der Waals surface area contributed by atoms with E-state index in [1.54, 1.807) is 0 Å². The zero-order valence-corrected chi connectivity index (χ0v) is 14.6. The van der Waals surface area contributed by atoms with Gasteiger partial charge in [0.15, 0.2) is 0 Å². The van der Waals surface area contributed by atoms with Crippen LogP contribution in [0.25, 0.3) is 0 Å². The second-order valence-corrected chi connectivity index (χ2v) is 7.22. The third-order valence-corrected chi connectivity index (χ3v) is 4.73. The minimum atomic E-state index is -1.35. The topological polar surface area (TPSA) is 71.4 Å². The molecule has 0 saturated carbocycles. The van der Waals surface area contributed by atoms with Crippen molar-refractivity contribution < 1.29 is 33.2 Å². The van der Waals surface area contributed by atoms with Gasteiger partial charge in [0, 0.05) is 63.9 Å². The summed E-state index contributed by atoms with van der Waals surface area (Å²) < 4.78 is 42.7. The standard InChI is InChI=1S/C18H25F2NO5/c19-14-7-15(20)9-16(8-14)26-13-18(23)11-21(3-6-25-12-18)10-17(22)1-4-24-5-2-17/h7-9,22-23H,1-6,10-13H2/t18-/m1/s1. The maximum absolute atomic E-state index is 13.3. The quantitative estimate of drug-likeness (QED) is 0.801. The lowest BCUT2D eigenvalue weighted by molar-refractivity contribution is -0.0948.